The van der Waals surface area contributed by atoms with Crippen molar-refractivity contribution >= 4 is 35.3 Å². The van der Waals surface area contributed by atoms with Gasteiger partial charge in [-0.1, -0.05) is 62.0 Å². The van der Waals surface area contributed by atoms with E-state index in [-0.39, 0.29) is 10.6 Å². The third kappa shape index (κ3) is 3.24. The van der Waals surface area contributed by atoms with Crippen LogP contribution in [0, 0.1) is 11.5 Å². The summed E-state index contributed by atoms with van der Waals surface area (Å²) >= 11 is 0. The van der Waals surface area contributed by atoms with Gasteiger partial charge in [-0.3, -0.25) is 4.79 Å². The molecule has 0 N–H and O–H groups in total. The molecule has 3 rings (SSSR count). The Morgan fingerprint density at radius 1 is 0.962 bits per heavy atom. The van der Waals surface area contributed by atoms with Crippen LogP contribution in [0.5, 0.6) is 0 Å². The summed E-state index contributed by atoms with van der Waals surface area (Å²) in [6.45, 7) is 6.29. The molecule has 132 valence electrons. The zero-order valence-electron chi connectivity index (χ0n) is 14.9. The second-order valence-electron chi connectivity index (χ2n) is 6.98. The quantitative estimate of drug-likeness (QED) is 0.392. The summed E-state index contributed by atoms with van der Waals surface area (Å²) < 4.78 is 27.5. The fraction of sp³-hybridized carbons (Fsp3) is 0.150. The predicted molar refractivity (Wildman–Crippen MR) is 107 cm³/mol. The third-order valence-electron chi connectivity index (χ3n) is 3.82. The van der Waals surface area contributed by atoms with Gasteiger partial charge in [0.15, 0.2) is 6.29 Å². The van der Waals surface area contributed by atoms with Gasteiger partial charge in [0, 0.05) is 5.39 Å². The van der Waals surface area contributed by atoms with E-state index in [9.17, 15) is 13.2 Å². The van der Waals surface area contributed by atoms with E-state index in [1.807, 2.05) is 6.07 Å². The van der Waals surface area contributed by atoms with Crippen LogP contribution in [-0.4, -0.2) is 26.8 Å². The molecule has 0 fully saturated rings. The summed E-state index contributed by atoms with van der Waals surface area (Å²) in [4.78, 5) is 12.0. The largest absolute Gasteiger partial charge is 0.296 e. The maximum Gasteiger partial charge on any atom is 0.268 e. The molecule has 0 spiro atoms. The lowest BCUT2D eigenvalue weighted by molar-refractivity contribution is 0.111. The molecular weight excluding hydrogens is 362 g/mol. The van der Waals surface area contributed by atoms with E-state index < -0.39 is 18.1 Å². The third-order valence-corrected chi connectivity index (χ3v) is 6.44. The minimum atomic E-state index is -3.91. The van der Waals surface area contributed by atoms with Gasteiger partial charge in [-0.15, -0.1) is 5.54 Å². The molecule has 1 aromatic heterocycles. The highest BCUT2D eigenvalue weighted by molar-refractivity contribution is 7.90. The van der Waals surface area contributed by atoms with Crippen molar-refractivity contribution in [3.05, 3.63) is 65.9 Å². The number of fused-ring (bicyclic) bond motifs is 1. The maximum atomic E-state index is 13.2. The van der Waals surface area contributed by atoms with Gasteiger partial charge in [-0.25, -0.2) is 12.4 Å². The Kier molecular flexibility index (Phi) is 4.61. The van der Waals surface area contributed by atoms with Crippen LogP contribution in [0.1, 0.15) is 16.1 Å². The van der Waals surface area contributed by atoms with Crippen molar-refractivity contribution in [2.45, 2.75) is 24.5 Å². The molecular formula is C20H19NO3SSi. The lowest BCUT2D eigenvalue weighted by Gasteiger charge is -2.09. The average Bonchev–Trinajstić information content (AvgIpc) is 2.94. The summed E-state index contributed by atoms with van der Waals surface area (Å²) in [5.74, 6) is 3.09. The van der Waals surface area contributed by atoms with Gasteiger partial charge in [0.05, 0.1) is 16.0 Å². The van der Waals surface area contributed by atoms with E-state index in [2.05, 4.69) is 31.1 Å². The topological polar surface area (TPSA) is 56.1 Å². The number of hydrogen-bond donors (Lipinski definition) is 0. The molecule has 6 heteroatoms. The second-order valence-corrected chi connectivity index (χ2v) is 13.5. The summed E-state index contributed by atoms with van der Waals surface area (Å²) in [7, 11) is -5.61. The van der Waals surface area contributed by atoms with Crippen molar-refractivity contribution in [3.8, 4) is 11.5 Å². The molecule has 0 unspecified atom stereocenters. The molecule has 0 aliphatic heterocycles. The first kappa shape index (κ1) is 18.2. The zero-order chi connectivity index (χ0) is 18.9. The number of carbonyl (C=O) groups excluding carboxylic acids is 1. The van der Waals surface area contributed by atoms with Crippen molar-refractivity contribution < 1.29 is 13.2 Å². The molecule has 26 heavy (non-hydrogen) atoms. The molecule has 0 amide bonds. The van der Waals surface area contributed by atoms with Gasteiger partial charge in [0.2, 0.25) is 0 Å². The lowest BCUT2D eigenvalue weighted by Crippen LogP contribution is -2.17. The van der Waals surface area contributed by atoms with Crippen molar-refractivity contribution in [2.75, 3.05) is 0 Å². The first-order valence-corrected chi connectivity index (χ1v) is 13.1. The summed E-state index contributed by atoms with van der Waals surface area (Å²) in [5.41, 5.74) is 4.23. The molecule has 2 aromatic carbocycles. The number of benzene rings is 2. The van der Waals surface area contributed by atoms with Crippen LogP contribution in [-0.2, 0) is 10.0 Å². The van der Waals surface area contributed by atoms with Crippen molar-refractivity contribution in [1.82, 2.24) is 3.97 Å². The highest BCUT2D eigenvalue weighted by Gasteiger charge is 2.26. The lowest BCUT2D eigenvalue weighted by atomic mass is 10.1. The minimum absolute atomic E-state index is 0.0702. The number of para-hydroxylation sites is 1. The fourth-order valence-electron chi connectivity index (χ4n) is 2.68. The fourth-order valence-corrected chi connectivity index (χ4v) is 4.70. The molecule has 0 atom stereocenters. The Labute approximate surface area is 154 Å². The normalized spacial score (nSPS) is 11.8. The Morgan fingerprint density at radius 3 is 2.19 bits per heavy atom. The van der Waals surface area contributed by atoms with Gasteiger partial charge >= 0.3 is 0 Å². The van der Waals surface area contributed by atoms with Gasteiger partial charge in [-0.2, -0.15) is 0 Å². The van der Waals surface area contributed by atoms with Crippen LogP contribution >= 0.6 is 0 Å². The Balaban J connectivity index is 2.40. The number of aldehydes is 1. The van der Waals surface area contributed by atoms with Crippen molar-refractivity contribution in [3.63, 3.8) is 0 Å². The van der Waals surface area contributed by atoms with Gasteiger partial charge < -0.3 is 0 Å². The van der Waals surface area contributed by atoms with E-state index in [0.717, 1.165) is 3.97 Å². The van der Waals surface area contributed by atoms with E-state index >= 15 is 0 Å². The maximum absolute atomic E-state index is 13.2. The van der Waals surface area contributed by atoms with Crippen LogP contribution < -0.4 is 0 Å². The number of carbonyl (C=O) groups is 1. The van der Waals surface area contributed by atoms with Crippen molar-refractivity contribution in [1.29, 1.82) is 0 Å². The number of rotatable bonds is 3. The van der Waals surface area contributed by atoms with E-state index in [4.69, 9.17) is 0 Å². The Morgan fingerprint density at radius 2 is 1.58 bits per heavy atom. The van der Waals surface area contributed by atoms with Gasteiger partial charge in [0.25, 0.3) is 10.0 Å². The molecule has 0 saturated carbocycles. The van der Waals surface area contributed by atoms with Crippen LogP contribution in [0.3, 0.4) is 0 Å². The Hall–Kier alpha value is -2.62. The highest BCUT2D eigenvalue weighted by atomic mass is 32.2. The second kappa shape index (κ2) is 6.59. The van der Waals surface area contributed by atoms with E-state index in [1.165, 1.54) is 12.1 Å². The molecule has 1 heterocycles. The standard InChI is InChI=1S/C20H19NO3SSi/c1-26(2,3)14-13-18-17-11-7-8-12-19(17)21(20(18)15-22)25(23,24)16-9-5-4-6-10-16/h4-12,15H,1-3H3. The van der Waals surface area contributed by atoms with Crippen LogP contribution in [0.2, 0.25) is 19.6 Å². The smallest absolute Gasteiger partial charge is 0.268 e. The number of aromatic nitrogens is 1. The Bertz CT molecular complexity index is 1140. The number of nitrogens with zero attached hydrogens (tertiary/aromatic N) is 1. The molecule has 4 nitrogen and oxygen atoms in total. The first-order valence-electron chi connectivity index (χ1n) is 8.18. The summed E-state index contributed by atoms with van der Waals surface area (Å²) in [6, 6.07) is 15.2. The van der Waals surface area contributed by atoms with Crippen LogP contribution in [0.15, 0.2) is 59.5 Å². The van der Waals surface area contributed by atoms with E-state index in [0.29, 0.717) is 22.8 Å². The summed E-state index contributed by atoms with van der Waals surface area (Å²) in [6.07, 6.45) is 0.578. The molecule has 3 aromatic rings. The van der Waals surface area contributed by atoms with Gasteiger partial charge in [0.1, 0.15) is 13.8 Å². The molecule has 0 aliphatic carbocycles. The summed E-state index contributed by atoms with van der Waals surface area (Å²) in [5, 5.41) is 0.667. The van der Waals surface area contributed by atoms with Crippen molar-refractivity contribution in [2.24, 2.45) is 0 Å². The first-order chi connectivity index (χ1) is 12.3. The minimum Gasteiger partial charge on any atom is -0.296 e. The molecule has 0 aliphatic rings. The predicted octanol–water partition coefficient (Wildman–Crippen LogP) is 3.92. The van der Waals surface area contributed by atoms with Gasteiger partial charge in [-0.05, 0) is 18.2 Å². The number of hydrogen-bond acceptors (Lipinski definition) is 3. The molecule has 0 saturated heterocycles. The zero-order valence-corrected chi connectivity index (χ0v) is 16.7. The van der Waals surface area contributed by atoms with Crippen LogP contribution in [0.4, 0.5) is 0 Å². The average molecular weight is 382 g/mol. The SMILES string of the molecule is C[Si](C)(C)C#Cc1c(C=O)n(S(=O)(=O)c2ccccc2)c2ccccc12. The van der Waals surface area contributed by atoms with Crippen LogP contribution in [0.25, 0.3) is 10.9 Å². The van der Waals surface area contributed by atoms with E-state index in [1.54, 1.807) is 36.4 Å². The highest BCUT2D eigenvalue weighted by Crippen LogP contribution is 2.29. The molecule has 0 bridgehead atoms. The molecule has 0 radical (unpaired) electrons. The monoisotopic (exact) mass is 381 g/mol.